The van der Waals surface area contributed by atoms with E-state index in [1.165, 1.54) is 24.3 Å². The Bertz CT molecular complexity index is 722. The lowest BCUT2D eigenvalue weighted by Gasteiger charge is -2.11. The fraction of sp³-hybridized carbons (Fsp3) is 0.176. The maximum Gasteiger partial charge on any atom is 0.233 e. The Labute approximate surface area is 138 Å². The normalized spacial score (nSPS) is 10.3. The number of aryl methyl sites for hydroxylation is 2. The molecule has 0 bridgehead atoms. The van der Waals surface area contributed by atoms with Crippen molar-refractivity contribution < 1.29 is 14.0 Å². The summed E-state index contributed by atoms with van der Waals surface area (Å²) in [5.74, 6) is -1.36. The van der Waals surface area contributed by atoms with E-state index < -0.39 is 17.6 Å². The lowest BCUT2D eigenvalue weighted by atomic mass is 10.1. The summed E-state index contributed by atoms with van der Waals surface area (Å²) in [4.78, 5) is 23.8. The fourth-order valence-electron chi connectivity index (χ4n) is 2.14. The molecule has 6 heteroatoms. The Morgan fingerprint density at radius 2 is 1.65 bits per heavy atom. The van der Waals surface area contributed by atoms with Gasteiger partial charge in [0.05, 0.1) is 10.7 Å². The van der Waals surface area contributed by atoms with E-state index in [1.54, 1.807) is 6.07 Å². The van der Waals surface area contributed by atoms with Gasteiger partial charge in [-0.3, -0.25) is 9.59 Å². The van der Waals surface area contributed by atoms with Gasteiger partial charge in [-0.2, -0.15) is 0 Å². The van der Waals surface area contributed by atoms with Crippen LogP contribution >= 0.6 is 11.6 Å². The number of halogens is 2. The van der Waals surface area contributed by atoms with E-state index in [-0.39, 0.29) is 6.42 Å². The quantitative estimate of drug-likeness (QED) is 0.828. The SMILES string of the molecule is Cc1cc(C)c(NC(=O)CC(=O)Nc2ccc(F)cc2)c(Cl)c1. The van der Waals surface area contributed by atoms with Crippen molar-refractivity contribution in [3.63, 3.8) is 0 Å². The van der Waals surface area contributed by atoms with Gasteiger partial charge in [-0.15, -0.1) is 0 Å². The van der Waals surface area contributed by atoms with E-state index in [1.807, 2.05) is 19.9 Å². The summed E-state index contributed by atoms with van der Waals surface area (Å²) in [5, 5.41) is 5.59. The third-order valence-electron chi connectivity index (χ3n) is 3.15. The van der Waals surface area contributed by atoms with Gasteiger partial charge in [-0.05, 0) is 55.3 Å². The minimum absolute atomic E-state index is 0.360. The van der Waals surface area contributed by atoms with Crippen molar-refractivity contribution in [1.82, 2.24) is 0 Å². The van der Waals surface area contributed by atoms with Gasteiger partial charge in [0.15, 0.2) is 0 Å². The van der Waals surface area contributed by atoms with Crippen molar-refractivity contribution >= 4 is 34.8 Å². The van der Waals surface area contributed by atoms with Gasteiger partial charge in [0.25, 0.3) is 0 Å². The molecule has 0 radical (unpaired) electrons. The lowest BCUT2D eigenvalue weighted by molar-refractivity contribution is -0.123. The Morgan fingerprint density at radius 3 is 2.26 bits per heavy atom. The highest BCUT2D eigenvalue weighted by Gasteiger charge is 2.13. The summed E-state index contributed by atoms with van der Waals surface area (Å²) in [6.45, 7) is 3.73. The number of anilines is 2. The first-order valence-corrected chi connectivity index (χ1v) is 7.35. The molecule has 0 aliphatic rings. The largest absolute Gasteiger partial charge is 0.326 e. The Balaban J connectivity index is 1.97. The Kier molecular flexibility index (Phi) is 5.34. The van der Waals surface area contributed by atoms with Gasteiger partial charge in [0.1, 0.15) is 12.2 Å². The number of nitrogens with one attached hydrogen (secondary N) is 2. The third kappa shape index (κ3) is 4.79. The molecule has 4 nitrogen and oxygen atoms in total. The second kappa shape index (κ2) is 7.24. The number of carbonyl (C=O) groups excluding carboxylic acids is 2. The van der Waals surface area contributed by atoms with Gasteiger partial charge < -0.3 is 10.6 Å². The van der Waals surface area contributed by atoms with Crippen LogP contribution in [-0.4, -0.2) is 11.8 Å². The van der Waals surface area contributed by atoms with E-state index in [4.69, 9.17) is 11.6 Å². The lowest BCUT2D eigenvalue weighted by Crippen LogP contribution is -2.22. The van der Waals surface area contributed by atoms with E-state index in [0.29, 0.717) is 16.4 Å². The highest BCUT2D eigenvalue weighted by atomic mass is 35.5. The number of carbonyl (C=O) groups is 2. The highest BCUT2D eigenvalue weighted by molar-refractivity contribution is 6.34. The van der Waals surface area contributed by atoms with Gasteiger partial charge >= 0.3 is 0 Å². The molecule has 2 rings (SSSR count). The van der Waals surface area contributed by atoms with E-state index in [2.05, 4.69) is 10.6 Å². The molecule has 0 aliphatic carbocycles. The van der Waals surface area contributed by atoms with Gasteiger partial charge in [0.2, 0.25) is 11.8 Å². The van der Waals surface area contributed by atoms with Gasteiger partial charge in [-0.25, -0.2) is 4.39 Å². The van der Waals surface area contributed by atoms with Crippen molar-refractivity contribution in [2.45, 2.75) is 20.3 Å². The second-order valence-corrected chi connectivity index (χ2v) is 5.63. The molecule has 120 valence electrons. The number of amides is 2. The van der Waals surface area contributed by atoms with Crippen LogP contribution in [0.25, 0.3) is 0 Å². The molecule has 2 amide bonds. The molecule has 0 unspecified atom stereocenters. The molecule has 2 aromatic rings. The zero-order valence-corrected chi connectivity index (χ0v) is 13.5. The van der Waals surface area contributed by atoms with Crippen molar-refractivity contribution in [3.05, 3.63) is 58.4 Å². The molecular formula is C17H16ClFN2O2. The van der Waals surface area contributed by atoms with E-state index in [0.717, 1.165) is 11.1 Å². The van der Waals surface area contributed by atoms with Crippen molar-refractivity contribution in [2.75, 3.05) is 10.6 Å². The molecule has 0 aromatic heterocycles. The molecule has 0 heterocycles. The first kappa shape index (κ1) is 17.0. The molecule has 0 saturated carbocycles. The summed E-state index contributed by atoms with van der Waals surface area (Å²) in [6, 6.07) is 8.93. The average molecular weight is 335 g/mol. The van der Waals surface area contributed by atoms with Crippen molar-refractivity contribution in [1.29, 1.82) is 0 Å². The maximum atomic E-state index is 12.8. The van der Waals surface area contributed by atoms with Gasteiger partial charge in [0, 0.05) is 5.69 Å². The Morgan fingerprint density at radius 1 is 1.04 bits per heavy atom. The minimum atomic E-state index is -0.491. The Hall–Kier alpha value is -2.40. The first-order chi connectivity index (χ1) is 10.8. The van der Waals surface area contributed by atoms with E-state index >= 15 is 0 Å². The predicted molar refractivity (Wildman–Crippen MR) is 89.2 cm³/mol. The molecule has 0 fully saturated rings. The standard InChI is InChI=1S/C17H16ClFN2O2/c1-10-7-11(2)17(14(18)8-10)21-16(23)9-15(22)20-13-5-3-12(19)4-6-13/h3-8H,9H2,1-2H3,(H,20,22)(H,21,23). The summed E-state index contributed by atoms with van der Waals surface area (Å²) >= 11 is 6.11. The molecule has 0 saturated heterocycles. The van der Waals surface area contributed by atoms with Crippen LogP contribution < -0.4 is 10.6 Å². The average Bonchev–Trinajstić information content (AvgIpc) is 2.45. The predicted octanol–water partition coefficient (Wildman–Crippen LogP) is 4.06. The smallest absolute Gasteiger partial charge is 0.233 e. The molecule has 0 aliphatic heterocycles. The van der Waals surface area contributed by atoms with Crippen LogP contribution in [0.1, 0.15) is 17.5 Å². The summed E-state index contributed by atoms with van der Waals surface area (Å²) in [6.07, 6.45) is -0.360. The molecule has 2 aromatic carbocycles. The van der Waals surface area contributed by atoms with Crippen LogP contribution in [0.15, 0.2) is 36.4 Å². The fourth-order valence-corrected chi connectivity index (χ4v) is 2.51. The summed E-state index contributed by atoms with van der Waals surface area (Å²) in [5.41, 5.74) is 2.73. The van der Waals surface area contributed by atoms with Crippen LogP contribution in [0.5, 0.6) is 0 Å². The molecule has 0 atom stereocenters. The number of rotatable bonds is 4. The van der Waals surface area contributed by atoms with Crippen LogP contribution in [0.2, 0.25) is 5.02 Å². The number of benzene rings is 2. The number of hydrogen-bond acceptors (Lipinski definition) is 2. The second-order valence-electron chi connectivity index (χ2n) is 5.22. The van der Waals surface area contributed by atoms with Crippen LogP contribution in [-0.2, 0) is 9.59 Å². The van der Waals surface area contributed by atoms with Crippen molar-refractivity contribution in [3.8, 4) is 0 Å². The highest BCUT2D eigenvalue weighted by Crippen LogP contribution is 2.27. The molecule has 2 N–H and O–H groups in total. The first-order valence-electron chi connectivity index (χ1n) is 6.97. The topological polar surface area (TPSA) is 58.2 Å². The summed E-state index contributed by atoms with van der Waals surface area (Å²) < 4.78 is 12.8. The third-order valence-corrected chi connectivity index (χ3v) is 3.44. The van der Waals surface area contributed by atoms with E-state index in [9.17, 15) is 14.0 Å². The molecule has 0 spiro atoms. The zero-order valence-electron chi connectivity index (χ0n) is 12.7. The van der Waals surface area contributed by atoms with Crippen LogP contribution in [0.4, 0.5) is 15.8 Å². The summed E-state index contributed by atoms with van der Waals surface area (Å²) in [7, 11) is 0. The molecular weight excluding hydrogens is 319 g/mol. The van der Waals surface area contributed by atoms with Crippen LogP contribution in [0.3, 0.4) is 0 Å². The maximum absolute atomic E-state index is 12.8. The van der Waals surface area contributed by atoms with Gasteiger partial charge in [-0.1, -0.05) is 17.7 Å². The number of hydrogen-bond donors (Lipinski definition) is 2. The van der Waals surface area contributed by atoms with Crippen molar-refractivity contribution in [2.24, 2.45) is 0 Å². The zero-order chi connectivity index (χ0) is 17.0. The monoisotopic (exact) mass is 334 g/mol. The van der Waals surface area contributed by atoms with Crippen LogP contribution in [0, 0.1) is 19.7 Å². The minimum Gasteiger partial charge on any atom is -0.326 e. The molecule has 23 heavy (non-hydrogen) atoms.